The van der Waals surface area contributed by atoms with Gasteiger partial charge >= 0.3 is 0 Å². The molecule has 0 N–H and O–H groups in total. The van der Waals surface area contributed by atoms with E-state index in [1.54, 1.807) is 0 Å². The molecule has 4 nitrogen and oxygen atoms in total. The Hall–Kier alpha value is -1.23. The van der Waals surface area contributed by atoms with Gasteiger partial charge < -0.3 is 4.74 Å². The summed E-state index contributed by atoms with van der Waals surface area (Å²) < 4.78 is 8.97. The summed E-state index contributed by atoms with van der Waals surface area (Å²) >= 11 is 1.14. The van der Waals surface area contributed by atoms with Crippen molar-refractivity contribution in [2.45, 2.75) is 19.8 Å². The summed E-state index contributed by atoms with van der Waals surface area (Å²) in [6.07, 6.45) is 3.36. The molecule has 2 heterocycles. The van der Waals surface area contributed by atoms with Gasteiger partial charge in [0.1, 0.15) is 4.88 Å². The van der Waals surface area contributed by atoms with Gasteiger partial charge in [-0.05, 0) is 24.0 Å². The Bertz CT molecular complexity index is 384. The van der Waals surface area contributed by atoms with E-state index >= 15 is 0 Å². The average Bonchev–Trinajstić information content (AvgIpc) is 2.87. The second-order valence-corrected chi connectivity index (χ2v) is 3.69. The Morgan fingerprint density at radius 3 is 3.21 bits per heavy atom. The van der Waals surface area contributed by atoms with Gasteiger partial charge in [0.25, 0.3) is 0 Å². The number of carbonyl (C=O) groups is 1. The van der Waals surface area contributed by atoms with Crippen molar-refractivity contribution in [1.82, 2.24) is 9.59 Å². The lowest BCUT2D eigenvalue weighted by Gasteiger charge is -2.00. The summed E-state index contributed by atoms with van der Waals surface area (Å²) in [6, 6.07) is 0. The van der Waals surface area contributed by atoms with Crippen LogP contribution >= 0.6 is 11.5 Å². The topological polar surface area (TPSA) is 52.1 Å². The highest BCUT2D eigenvalue weighted by Crippen LogP contribution is 2.20. The molecule has 0 saturated heterocycles. The van der Waals surface area contributed by atoms with Crippen molar-refractivity contribution in [3.05, 3.63) is 22.4 Å². The minimum absolute atomic E-state index is 0.0747. The first-order valence-electron chi connectivity index (χ1n) is 4.51. The fourth-order valence-electron chi connectivity index (χ4n) is 1.30. The van der Waals surface area contributed by atoms with E-state index in [0.717, 1.165) is 30.1 Å². The summed E-state index contributed by atoms with van der Waals surface area (Å²) in [5, 5.41) is 3.89. The number of aryl methyl sites for hydroxylation is 1. The fourth-order valence-corrected chi connectivity index (χ4v) is 2.00. The standard InChI is InChI=1S/C9H10N2O2S/c1-2-6-9(14-11-10-6)8(12)7-4-3-5-13-7/h4H,2-3,5H2,1H3. The van der Waals surface area contributed by atoms with Crippen LogP contribution in [0.15, 0.2) is 11.8 Å². The van der Waals surface area contributed by atoms with E-state index in [1.165, 1.54) is 0 Å². The molecule has 0 bridgehead atoms. The third-order valence-electron chi connectivity index (χ3n) is 2.03. The molecule has 1 aliphatic heterocycles. The number of carbonyl (C=O) groups excluding carboxylic acids is 1. The first-order valence-corrected chi connectivity index (χ1v) is 5.29. The summed E-state index contributed by atoms with van der Waals surface area (Å²) in [7, 11) is 0. The van der Waals surface area contributed by atoms with E-state index in [0.29, 0.717) is 17.2 Å². The molecule has 1 aliphatic rings. The largest absolute Gasteiger partial charge is 0.489 e. The second-order valence-electron chi connectivity index (χ2n) is 2.94. The maximum atomic E-state index is 11.8. The zero-order chi connectivity index (χ0) is 9.97. The predicted molar refractivity (Wildman–Crippen MR) is 52.3 cm³/mol. The van der Waals surface area contributed by atoms with Crippen LogP contribution in [-0.2, 0) is 11.2 Å². The zero-order valence-corrected chi connectivity index (χ0v) is 8.63. The van der Waals surface area contributed by atoms with Crippen LogP contribution in [0.1, 0.15) is 28.7 Å². The monoisotopic (exact) mass is 210 g/mol. The van der Waals surface area contributed by atoms with Crippen LogP contribution in [0.3, 0.4) is 0 Å². The number of allylic oxidation sites excluding steroid dienone is 1. The van der Waals surface area contributed by atoms with E-state index in [1.807, 2.05) is 13.0 Å². The number of ether oxygens (including phenoxy) is 1. The molecule has 0 aromatic carbocycles. The van der Waals surface area contributed by atoms with E-state index < -0.39 is 0 Å². The summed E-state index contributed by atoms with van der Waals surface area (Å²) in [5.41, 5.74) is 0.761. The fraction of sp³-hybridized carbons (Fsp3) is 0.444. The van der Waals surface area contributed by atoms with Crippen LogP contribution < -0.4 is 0 Å². The predicted octanol–water partition coefficient (Wildman–Crippen LogP) is 1.59. The maximum Gasteiger partial charge on any atom is 0.240 e. The minimum atomic E-state index is -0.0747. The van der Waals surface area contributed by atoms with Crippen molar-refractivity contribution in [2.24, 2.45) is 0 Å². The molecule has 0 spiro atoms. The van der Waals surface area contributed by atoms with Gasteiger partial charge in [-0.2, -0.15) is 0 Å². The van der Waals surface area contributed by atoms with Crippen LogP contribution in [0.2, 0.25) is 0 Å². The Morgan fingerprint density at radius 1 is 1.71 bits per heavy atom. The molecule has 1 aromatic heterocycles. The zero-order valence-electron chi connectivity index (χ0n) is 7.82. The summed E-state index contributed by atoms with van der Waals surface area (Å²) in [6.45, 7) is 2.56. The van der Waals surface area contributed by atoms with Gasteiger partial charge in [0.15, 0.2) is 5.76 Å². The van der Waals surface area contributed by atoms with Crippen molar-refractivity contribution in [3.63, 3.8) is 0 Å². The van der Waals surface area contributed by atoms with Crippen LogP contribution in [0.4, 0.5) is 0 Å². The number of rotatable bonds is 3. The lowest BCUT2D eigenvalue weighted by molar-refractivity contribution is 0.0945. The smallest absolute Gasteiger partial charge is 0.240 e. The number of ketones is 1. The van der Waals surface area contributed by atoms with Crippen LogP contribution in [0.25, 0.3) is 0 Å². The van der Waals surface area contributed by atoms with Gasteiger partial charge in [0, 0.05) is 6.42 Å². The van der Waals surface area contributed by atoms with Gasteiger partial charge in [0.05, 0.1) is 12.3 Å². The van der Waals surface area contributed by atoms with Crippen LogP contribution in [-0.4, -0.2) is 22.0 Å². The van der Waals surface area contributed by atoms with Gasteiger partial charge in [-0.25, -0.2) is 0 Å². The van der Waals surface area contributed by atoms with Crippen molar-refractivity contribution in [1.29, 1.82) is 0 Å². The molecular weight excluding hydrogens is 200 g/mol. The lowest BCUT2D eigenvalue weighted by Crippen LogP contribution is -2.04. The molecule has 74 valence electrons. The average molecular weight is 210 g/mol. The molecule has 2 rings (SSSR count). The molecule has 0 atom stereocenters. The first-order chi connectivity index (χ1) is 6.83. The molecule has 0 amide bonds. The first kappa shape index (κ1) is 9.33. The van der Waals surface area contributed by atoms with Gasteiger partial charge in [-0.1, -0.05) is 11.4 Å². The van der Waals surface area contributed by atoms with Crippen molar-refractivity contribution < 1.29 is 9.53 Å². The number of hydrogen-bond donors (Lipinski definition) is 0. The summed E-state index contributed by atoms with van der Waals surface area (Å²) in [4.78, 5) is 12.4. The third kappa shape index (κ3) is 1.55. The Kier molecular flexibility index (Phi) is 2.58. The SMILES string of the molecule is CCc1nnsc1C(=O)C1=CCCO1. The number of nitrogens with zero attached hydrogens (tertiary/aromatic N) is 2. The Balaban J connectivity index is 2.26. The van der Waals surface area contributed by atoms with Crippen LogP contribution in [0, 0.1) is 0 Å². The molecule has 5 heteroatoms. The van der Waals surface area contributed by atoms with E-state index in [2.05, 4.69) is 9.59 Å². The third-order valence-corrected chi connectivity index (χ3v) is 2.79. The number of Topliss-reactive ketones (excluding diaryl/α,β-unsaturated/α-hetero) is 1. The molecule has 0 saturated carbocycles. The molecule has 0 fully saturated rings. The number of aromatic nitrogens is 2. The summed E-state index contributed by atoms with van der Waals surface area (Å²) in [5.74, 6) is 0.375. The molecular formula is C9H10N2O2S. The molecule has 0 aliphatic carbocycles. The Morgan fingerprint density at radius 2 is 2.57 bits per heavy atom. The maximum absolute atomic E-state index is 11.8. The van der Waals surface area contributed by atoms with Gasteiger partial charge in [-0.3, -0.25) is 4.79 Å². The Labute approximate surface area is 85.8 Å². The highest BCUT2D eigenvalue weighted by molar-refractivity contribution is 7.08. The molecule has 0 unspecified atom stereocenters. The van der Waals surface area contributed by atoms with Crippen molar-refractivity contribution >= 4 is 17.3 Å². The molecule has 14 heavy (non-hydrogen) atoms. The minimum Gasteiger partial charge on any atom is -0.489 e. The molecule has 1 aromatic rings. The quantitative estimate of drug-likeness (QED) is 0.711. The van der Waals surface area contributed by atoms with E-state index in [9.17, 15) is 4.79 Å². The van der Waals surface area contributed by atoms with Gasteiger partial charge in [-0.15, -0.1) is 5.10 Å². The molecule has 0 radical (unpaired) electrons. The van der Waals surface area contributed by atoms with E-state index in [-0.39, 0.29) is 5.78 Å². The lowest BCUT2D eigenvalue weighted by atomic mass is 10.2. The van der Waals surface area contributed by atoms with Gasteiger partial charge in [0.2, 0.25) is 5.78 Å². The highest BCUT2D eigenvalue weighted by atomic mass is 32.1. The second kappa shape index (κ2) is 3.88. The van der Waals surface area contributed by atoms with E-state index in [4.69, 9.17) is 4.74 Å². The highest BCUT2D eigenvalue weighted by Gasteiger charge is 2.22. The van der Waals surface area contributed by atoms with Crippen molar-refractivity contribution in [2.75, 3.05) is 6.61 Å². The van der Waals surface area contributed by atoms with Crippen molar-refractivity contribution in [3.8, 4) is 0 Å². The van der Waals surface area contributed by atoms with Crippen LogP contribution in [0.5, 0.6) is 0 Å². The normalized spacial score (nSPS) is 15.1. The number of hydrogen-bond acceptors (Lipinski definition) is 5.